The Morgan fingerprint density at radius 2 is 1.79 bits per heavy atom. The van der Waals surface area contributed by atoms with Crippen LogP contribution in [0.1, 0.15) is 21.6 Å². The van der Waals surface area contributed by atoms with Crippen molar-refractivity contribution in [2.45, 2.75) is 29.4 Å². The zero-order chi connectivity index (χ0) is 24.8. The monoisotopic (exact) mass is 606 g/mol. The number of hydrogen-bond donors (Lipinski definition) is 3. The first-order valence-electron chi connectivity index (χ1n) is 9.20. The summed E-state index contributed by atoms with van der Waals surface area (Å²) in [6.45, 7) is 0.311. The summed E-state index contributed by atoms with van der Waals surface area (Å²) in [6.07, 6.45) is -6.08. The number of aromatic nitrogens is 1. The molecule has 0 bridgehead atoms. The molecule has 0 aliphatic heterocycles. The lowest BCUT2D eigenvalue weighted by Crippen LogP contribution is -2.42. The first kappa shape index (κ1) is 27.1. The van der Waals surface area contributed by atoms with Gasteiger partial charge in [0, 0.05) is 24.0 Å². The molecule has 0 aliphatic carbocycles. The van der Waals surface area contributed by atoms with E-state index in [1.807, 2.05) is 0 Å². The molecule has 0 fully saturated rings. The van der Waals surface area contributed by atoms with E-state index in [1.165, 1.54) is 18.2 Å². The smallest absolute Gasteiger partial charge is 0.404 e. The minimum atomic E-state index is -4.68. The van der Waals surface area contributed by atoms with Gasteiger partial charge < -0.3 is 10.3 Å². The van der Waals surface area contributed by atoms with Crippen LogP contribution in [0, 0.1) is 0 Å². The van der Waals surface area contributed by atoms with Crippen molar-refractivity contribution in [3.63, 3.8) is 0 Å². The molecule has 1 atom stereocenters. The van der Waals surface area contributed by atoms with E-state index in [9.17, 15) is 31.1 Å². The molecule has 0 radical (unpaired) electrons. The van der Waals surface area contributed by atoms with Crippen molar-refractivity contribution in [1.29, 1.82) is 0 Å². The predicted octanol–water partition coefficient (Wildman–Crippen LogP) is 5.27. The standard InChI is InChI=1S/C20H18ClF6IN4O/c21-15(10-14(11-29)20(25,26)27)17(28)30-31-18(33)16-2-1-8-32(16)9-7-12-3-5-13(6-4-12)19(22,23)24/h1-6,8,10-11,17,30H,7,9,29H2,(H,31,33)/b14-11+,15-10+. The SMILES string of the molecule is N/C=C(\C=C(\Cl)C(I)NNC(=O)c1cccn1CCc1ccc(C(F)(F)F)cc1)C(F)(F)F. The third-order valence-electron chi connectivity index (χ3n) is 4.34. The second kappa shape index (κ2) is 11.3. The lowest BCUT2D eigenvalue weighted by Gasteiger charge is -2.15. The summed E-state index contributed by atoms with van der Waals surface area (Å²) in [5.74, 6) is -0.580. The molecule has 13 heteroatoms. The van der Waals surface area contributed by atoms with Gasteiger partial charge in [-0.15, -0.1) is 0 Å². The molecule has 5 nitrogen and oxygen atoms in total. The number of benzene rings is 1. The predicted molar refractivity (Wildman–Crippen MR) is 120 cm³/mol. The number of allylic oxidation sites excluding steroid dienone is 2. The number of amides is 1. The molecule has 1 aromatic heterocycles. The third kappa shape index (κ3) is 7.96. The molecule has 1 aromatic carbocycles. The van der Waals surface area contributed by atoms with Gasteiger partial charge in [0.1, 0.15) is 9.74 Å². The number of nitrogens with one attached hydrogen (secondary N) is 2. The van der Waals surface area contributed by atoms with Crippen molar-refractivity contribution in [3.05, 3.63) is 82.3 Å². The van der Waals surface area contributed by atoms with Crippen LogP contribution in [0.3, 0.4) is 0 Å². The second-order valence-corrected chi connectivity index (χ2v) is 8.32. The van der Waals surface area contributed by atoms with Gasteiger partial charge in [0.2, 0.25) is 0 Å². The highest BCUT2D eigenvalue weighted by Gasteiger charge is 2.32. The Balaban J connectivity index is 1.96. The van der Waals surface area contributed by atoms with E-state index in [-0.39, 0.29) is 10.7 Å². The van der Waals surface area contributed by atoms with Crippen LogP contribution in [0.4, 0.5) is 26.3 Å². The lowest BCUT2D eigenvalue weighted by molar-refractivity contribution is -0.137. The topological polar surface area (TPSA) is 72.1 Å². The number of hydrazine groups is 1. The van der Waals surface area contributed by atoms with Crippen LogP contribution < -0.4 is 16.6 Å². The lowest BCUT2D eigenvalue weighted by atomic mass is 10.1. The zero-order valence-corrected chi connectivity index (χ0v) is 19.6. The van der Waals surface area contributed by atoms with Gasteiger partial charge >= 0.3 is 12.4 Å². The van der Waals surface area contributed by atoms with Crippen LogP contribution in [-0.2, 0) is 19.1 Å². The van der Waals surface area contributed by atoms with Crippen LogP contribution in [0.2, 0.25) is 0 Å². The molecule has 0 spiro atoms. The summed E-state index contributed by atoms with van der Waals surface area (Å²) in [5.41, 5.74) is 8.84. The number of halogens is 8. The summed E-state index contributed by atoms with van der Waals surface area (Å²) < 4.78 is 77.0. The Morgan fingerprint density at radius 1 is 1.15 bits per heavy atom. The molecule has 1 heterocycles. The molecule has 2 aromatic rings. The van der Waals surface area contributed by atoms with E-state index < -0.39 is 33.4 Å². The maximum absolute atomic E-state index is 12.8. The van der Waals surface area contributed by atoms with Crippen LogP contribution in [0.15, 0.2) is 65.5 Å². The number of rotatable bonds is 8. The maximum atomic E-state index is 12.8. The zero-order valence-electron chi connectivity index (χ0n) is 16.6. The van der Waals surface area contributed by atoms with E-state index in [2.05, 4.69) is 10.9 Å². The van der Waals surface area contributed by atoms with Crippen LogP contribution >= 0.6 is 34.2 Å². The molecule has 0 saturated carbocycles. The Morgan fingerprint density at radius 3 is 2.33 bits per heavy atom. The first-order chi connectivity index (χ1) is 15.3. The van der Waals surface area contributed by atoms with E-state index in [1.54, 1.807) is 39.4 Å². The molecule has 33 heavy (non-hydrogen) atoms. The van der Waals surface area contributed by atoms with E-state index in [4.69, 9.17) is 17.3 Å². The van der Waals surface area contributed by atoms with Crippen LogP contribution in [0.25, 0.3) is 0 Å². The quantitative estimate of drug-likeness (QED) is 0.0958. The fourth-order valence-electron chi connectivity index (χ4n) is 2.63. The fourth-order valence-corrected chi connectivity index (χ4v) is 3.14. The number of carbonyl (C=O) groups excluding carboxylic acids is 1. The molecular weight excluding hydrogens is 589 g/mol. The summed E-state index contributed by atoms with van der Waals surface area (Å²) in [5, 5.41) is -0.248. The molecule has 0 saturated heterocycles. The molecular formula is C20H18ClF6IN4O. The Kier molecular flexibility index (Phi) is 9.26. The van der Waals surface area contributed by atoms with E-state index >= 15 is 0 Å². The van der Waals surface area contributed by atoms with Crippen molar-refractivity contribution in [1.82, 2.24) is 15.4 Å². The van der Waals surface area contributed by atoms with Crippen molar-refractivity contribution < 1.29 is 31.1 Å². The number of nitrogens with two attached hydrogens (primary N) is 1. The molecule has 4 N–H and O–H groups in total. The van der Waals surface area contributed by atoms with Crippen LogP contribution in [-0.4, -0.2) is 20.7 Å². The molecule has 1 unspecified atom stereocenters. The van der Waals surface area contributed by atoms with Gasteiger partial charge in [-0.3, -0.25) is 10.2 Å². The maximum Gasteiger partial charge on any atom is 0.417 e. The van der Waals surface area contributed by atoms with Crippen molar-refractivity contribution in [3.8, 4) is 0 Å². The number of nitrogens with zero attached hydrogens (tertiary/aromatic N) is 1. The summed E-state index contributed by atoms with van der Waals surface area (Å²) >= 11 is 7.56. The molecule has 2 rings (SSSR count). The van der Waals surface area contributed by atoms with E-state index in [0.717, 1.165) is 12.1 Å². The van der Waals surface area contributed by atoms with Crippen LogP contribution in [0.5, 0.6) is 0 Å². The molecule has 1 amide bonds. The number of hydrogen-bond acceptors (Lipinski definition) is 3. The number of carbonyl (C=O) groups is 1. The van der Waals surface area contributed by atoms with Gasteiger partial charge in [0.15, 0.2) is 0 Å². The van der Waals surface area contributed by atoms with Crippen molar-refractivity contribution in [2.24, 2.45) is 5.73 Å². The summed E-state index contributed by atoms with van der Waals surface area (Å²) in [4.78, 5) is 12.5. The number of aryl methyl sites for hydroxylation is 2. The largest absolute Gasteiger partial charge is 0.417 e. The highest BCUT2D eigenvalue weighted by molar-refractivity contribution is 14.1. The van der Waals surface area contributed by atoms with Crippen molar-refractivity contribution in [2.75, 3.05) is 0 Å². The van der Waals surface area contributed by atoms with Gasteiger partial charge in [-0.25, -0.2) is 5.43 Å². The van der Waals surface area contributed by atoms with E-state index in [0.29, 0.717) is 30.8 Å². The normalized spacial score (nSPS) is 14.3. The van der Waals surface area contributed by atoms with Gasteiger partial charge in [0.05, 0.1) is 11.1 Å². The molecule has 180 valence electrons. The number of alkyl halides is 7. The minimum Gasteiger partial charge on any atom is -0.404 e. The Bertz CT molecular complexity index is 1010. The summed E-state index contributed by atoms with van der Waals surface area (Å²) in [6, 6.07) is 7.84. The average molecular weight is 607 g/mol. The Labute approximate surface area is 203 Å². The van der Waals surface area contributed by atoms with Crippen molar-refractivity contribution >= 4 is 40.1 Å². The fraction of sp³-hybridized carbons (Fsp3) is 0.250. The first-order valence-corrected chi connectivity index (χ1v) is 10.8. The average Bonchev–Trinajstić information content (AvgIpc) is 3.21. The molecule has 0 aliphatic rings. The summed E-state index contributed by atoms with van der Waals surface area (Å²) in [7, 11) is 0. The Hall–Kier alpha value is -2.19. The van der Waals surface area contributed by atoms with Gasteiger partial charge in [-0.1, -0.05) is 46.3 Å². The highest BCUT2D eigenvalue weighted by Crippen LogP contribution is 2.30. The second-order valence-electron chi connectivity index (χ2n) is 6.64. The third-order valence-corrected chi connectivity index (χ3v) is 6.02. The van der Waals surface area contributed by atoms with Gasteiger partial charge in [0.25, 0.3) is 5.91 Å². The van der Waals surface area contributed by atoms with Gasteiger partial charge in [-0.05, 0) is 42.3 Å². The minimum absolute atomic E-state index is 0.232. The van der Waals surface area contributed by atoms with Gasteiger partial charge in [-0.2, -0.15) is 26.3 Å². The highest BCUT2D eigenvalue weighted by atomic mass is 127.